The molecule has 4 aromatic rings. The number of hydrogen-bond acceptors (Lipinski definition) is 11. The van der Waals surface area contributed by atoms with Gasteiger partial charge in [0.15, 0.2) is 23.5 Å². The number of fused-ring (bicyclic) bond motifs is 2. The first-order chi connectivity index (χ1) is 14.5. The van der Waals surface area contributed by atoms with Crippen LogP contribution in [0.2, 0.25) is 0 Å². The van der Waals surface area contributed by atoms with Crippen LogP contribution in [0.3, 0.4) is 0 Å². The molecule has 1 aliphatic heterocycles. The number of nitrogen functional groups attached to an aromatic ring is 2. The summed E-state index contributed by atoms with van der Waals surface area (Å²) in [5.41, 5.74) is 13.9. The molecule has 1 aliphatic rings. The standard InChI is InChI=1S/C17H20N10O3/c18-14-10-8(1-2-21-14)26(6-24-10)5-20-3-9-12(28)13(29)17(30-9)27-7-25-11-15(19)22-4-23-16(11)27/h1-2,4,6-7,9,12-13,17,20,28-29H,3,5H2,(H2,18,21)(H2,19,22,23). The molecule has 13 nitrogen and oxygen atoms in total. The predicted molar refractivity (Wildman–Crippen MR) is 106 cm³/mol. The molecule has 0 radical (unpaired) electrons. The summed E-state index contributed by atoms with van der Waals surface area (Å²) in [7, 11) is 0. The van der Waals surface area contributed by atoms with E-state index in [9.17, 15) is 10.2 Å². The highest BCUT2D eigenvalue weighted by atomic mass is 16.6. The van der Waals surface area contributed by atoms with Gasteiger partial charge in [0.05, 0.1) is 24.8 Å². The number of ether oxygens (including phenoxy) is 1. The highest BCUT2D eigenvalue weighted by molar-refractivity contribution is 5.84. The van der Waals surface area contributed by atoms with Crippen molar-refractivity contribution in [2.24, 2.45) is 0 Å². The Hall–Kier alpha value is -3.39. The van der Waals surface area contributed by atoms with E-state index in [1.165, 1.54) is 12.7 Å². The number of hydrogen-bond donors (Lipinski definition) is 5. The van der Waals surface area contributed by atoms with E-state index in [0.29, 0.717) is 35.7 Å². The van der Waals surface area contributed by atoms with E-state index in [4.69, 9.17) is 16.2 Å². The van der Waals surface area contributed by atoms with Gasteiger partial charge in [-0.1, -0.05) is 0 Å². The zero-order valence-electron chi connectivity index (χ0n) is 15.7. The van der Waals surface area contributed by atoms with Gasteiger partial charge in [0.25, 0.3) is 0 Å². The monoisotopic (exact) mass is 412 g/mol. The van der Waals surface area contributed by atoms with Crippen molar-refractivity contribution < 1.29 is 14.9 Å². The van der Waals surface area contributed by atoms with Crippen LogP contribution in [0.1, 0.15) is 6.23 Å². The fourth-order valence-corrected chi connectivity index (χ4v) is 3.65. The zero-order chi connectivity index (χ0) is 20.8. The average molecular weight is 412 g/mol. The summed E-state index contributed by atoms with van der Waals surface area (Å²) < 4.78 is 9.32. The minimum Gasteiger partial charge on any atom is -0.387 e. The maximum absolute atomic E-state index is 10.5. The quantitative estimate of drug-likeness (QED) is 0.259. The topological polar surface area (TPSA) is 188 Å². The summed E-state index contributed by atoms with van der Waals surface area (Å²) in [5, 5.41) is 24.2. The van der Waals surface area contributed by atoms with Crippen molar-refractivity contribution in [1.82, 2.24) is 39.4 Å². The van der Waals surface area contributed by atoms with Crippen molar-refractivity contribution in [3.05, 3.63) is 31.2 Å². The molecular weight excluding hydrogens is 392 g/mol. The van der Waals surface area contributed by atoms with E-state index in [1.807, 2.05) is 10.6 Å². The van der Waals surface area contributed by atoms with Gasteiger partial charge < -0.3 is 31.0 Å². The molecule has 5 rings (SSSR count). The minimum atomic E-state index is -1.16. The minimum absolute atomic E-state index is 0.230. The number of anilines is 2. The summed E-state index contributed by atoms with van der Waals surface area (Å²) in [4.78, 5) is 20.5. The fourth-order valence-electron chi connectivity index (χ4n) is 3.65. The molecule has 1 saturated heterocycles. The number of nitrogens with zero attached hydrogens (tertiary/aromatic N) is 7. The van der Waals surface area contributed by atoms with Gasteiger partial charge in [0.1, 0.15) is 35.7 Å². The molecule has 4 aromatic heterocycles. The third-order valence-corrected chi connectivity index (χ3v) is 5.19. The lowest BCUT2D eigenvalue weighted by molar-refractivity contribution is -0.0345. The van der Waals surface area contributed by atoms with Crippen molar-refractivity contribution in [3.8, 4) is 0 Å². The summed E-state index contributed by atoms with van der Waals surface area (Å²) in [5.74, 6) is 0.595. The van der Waals surface area contributed by atoms with Crippen LogP contribution in [0.4, 0.5) is 11.6 Å². The molecule has 0 spiro atoms. The van der Waals surface area contributed by atoms with Crippen LogP contribution >= 0.6 is 0 Å². The molecular formula is C17H20N10O3. The molecule has 0 aliphatic carbocycles. The van der Waals surface area contributed by atoms with Gasteiger partial charge >= 0.3 is 0 Å². The van der Waals surface area contributed by atoms with Gasteiger partial charge in [-0.3, -0.25) is 9.88 Å². The van der Waals surface area contributed by atoms with Gasteiger partial charge in [-0.25, -0.2) is 24.9 Å². The predicted octanol–water partition coefficient (Wildman–Crippen LogP) is -1.40. The fraction of sp³-hybridized carbons (Fsp3) is 0.353. The molecule has 156 valence electrons. The molecule has 0 aromatic carbocycles. The number of aliphatic hydroxyl groups is 2. The van der Waals surface area contributed by atoms with Crippen molar-refractivity contribution >= 4 is 33.8 Å². The second-order valence-electron chi connectivity index (χ2n) is 7.02. The van der Waals surface area contributed by atoms with Crippen LogP contribution in [0.25, 0.3) is 22.2 Å². The molecule has 1 fully saturated rings. The Morgan fingerprint density at radius 2 is 1.80 bits per heavy atom. The lowest BCUT2D eigenvalue weighted by Crippen LogP contribution is -2.38. The highest BCUT2D eigenvalue weighted by Gasteiger charge is 2.44. The number of nitrogens with two attached hydrogens (primary N) is 2. The second-order valence-corrected chi connectivity index (χ2v) is 7.02. The van der Waals surface area contributed by atoms with Crippen molar-refractivity contribution in [1.29, 1.82) is 0 Å². The van der Waals surface area contributed by atoms with Crippen molar-refractivity contribution in [2.75, 3.05) is 18.0 Å². The smallest absolute Gasteiger partial charge is 0.167 e. The SMILES string of the molecule is Nc1nccc2c1ncn2CNCC1OC(n2cnc3c(N)ncnc32)C(O)C1O. The third-order valence-electron chi connectivity index (χ3n) is 5.19. The molecule has 0 saturated carbocycles. The van der Waals surface area contributed by atoms with Crippen LogP contribution in [-0.2, 0) is 11.4 Å². The maximum Gasteiger partial charge on any atom is 0.167 e. The number of pyridine rings is 1. The molecule has 4 atom stereocenters. The average Bonchev–Trinajstić information content (AvgIpc) is 3.42. The first kappa shape index (κ1) is 18.6. The first-order valence-corrected chi connectivity index (χ1v) is 9.25. The highest BCUT2D eigenvalue weighted by Crippen LogP contribution is 2.31. The zero-order valence-corrected chi connectivity index (χ0v) is 15.7. The first-order valence-electron chi connectivity index (χ1n) is 9.25. The molecule has 0 amide bonds. The van der Waals surface area contributed by atoms with Crippen LogP contribution < -0.4 is 16.8 Å². The Bertz CT molecular complexity index is 1210. The number of rotatable bonds is 5. The largest absolute Gasteiger partial charge is 0.387 e. The number of imidazole rings is 2. The Kier molecular flexibility index (Phi) is 4.43. The Morgan fingerprint density at radius 3 is 2.67 bits per heavy atom. The summed E-state index contributed by atoms with van der Waals surface area (Å²) >= 11 is 0. The van der Waals surface area contributed by atoms with Crippen LogP contribution in [-0.4, -0.2) is 69.1 Å². The summed E-state index contributed by atoms with van der Waals surface area (Å²) in [6.07, 6.45) is 2.28. The molecule has 7 N–H and O–H groups in total. The van der Waals surface area contributed by atoms with Crippen LogP contribution in [0.15, 0.2) is 31.2 Å². The van der Waals surface area contributed by atoms with Crippen LogP contribution in [0.5, 0.6) is 0 Å². The van der Waals surface area contributed by atoms with E-state index < -0.39 is 24.5 Å². The summed E-state index contributed by atoms with van der Waals surface area (Å²) in [6.45, 7) is 0.698. The van der Waals surface area contributed by atoms with E-state index in [-0.39, 0.29) is 5.82 Å². The van der Waals surface area contributed by atoms with E-state index in [1.54, 1.807) is 17.1 Å². The molecule has 0 bridgehead atoms. The van der Waals surface area contributed by atoms with Gasteiger partial charge in [-0.05, 0) is 6.07 Å². The van der Waals surface area contributed by atoms with E-state index in [0.717, 1.165) is 5.52 Å². The van der Waals surface area contributed by atoms with Gasteiger partial charge in [-0.2, -0.15) is 0 Å². The van der Waals surface area contributed by atoms with Gasteiger partial charge in [0.2, 0.25) is 0 Å². The lowest BCUT2D eigenvalue weighted by Gasteiger charge is -2.16. The van der Waals surface area contributed by atoms with Gasteiger partial charge in [0, 0.05) is 12.7 Å². The Morgan fingerprint density at radius 1 is 1.00 bits per heavy atom. The third kappa shape index (κ3) is 2.91. The Balaban J connectivity index is 1.29. The molecule has 4 unspecified atom stereocenters. The maximum atomic E-state index is 10.5. The normalized spacial score (nSPS) is 24.2. The van der Waals surface area contributed by atoms with Crippen molar-refractivity contribution in [3.63, 3.8) is 0 Å². The second kappa shape index (κ2) is 7.14. The lowest BCUT2D eigenvalue weighted by atomic mass is 10.1. The van der Waals surface area contributed by atoms with Crippen LogP contribution in [0, 0.1) is 0 Å². The number of nitrogens with one attached hydrogen (secondary N) is 1. The Labute approximate surface area is 169 Å². The molecule has 30 heavy (non-hydrogen) atoms. The van der Waals surface area contributed by atoms with E-state index >= 15 is 0 Å². The van der Waals surface area contributed by atoms with Crippen molar-refractivity contribution in [2.45, 2.75) is 31.2 Å². The molecule has 5 heterocycles. The summed E-state index contributed by atoms with van der Waals surface area (Å²) in [6, 6.07) is 1.82. The number of aromatic nitrogens is 7. The number of aliphatic hydroxyl groups excluding tert-OH is 2. The molecule has 13 heteroatoms. The van der Waals surface area contributed by atoms with Gasteiger partial charge in [-0.15, -0.1) is 0 Å². The van der Waals surface area contributed by atoms with E-state index in [2.05, 4.69) is 30.2 Å².